The minimum absolute atomic E-state index is 0.634. The molecule has 0 spiro atoms. The van der Waals surface area contributed by atoms with Crippen LogP contribution >= 0.6 is 0 Å². The Labute approximate surface area is 189 Å². The van der Waals surface area contributed by atoms with E-state index >= 15 is 0 Å². The number of aromatic nitrogens is 1. The van der Waals surface area contributed by atoms with Crippen LogP contribution in [0.15, 0.2) is 36.4 Å². The average Bonchev–Trinajstić information content (AvgIpc) is 2.77. The molecule has 0 atom stereocenters. The van der Waals surface area contributed by atoms with Gasteiger partial charge < -0.3 is 9.47 Å². The average molecular weight is 424 g/mol. The number of allylic oxidation sites excluding steroid dienone is 1. The summed E-state index contributed by atoms with van der Waals surface area (Å²) in [5.74, 6) is 0.877. The van der Waals surface area contributed by atoms with Gasteiger partial charge in [-0.3, -0.25) is 4.98 Å². The Morgan fingerprint density at radius 2 is 1.68 bits per heavy atom. The predicted molar refractivity (Wildman–Crippen MR) is 132 cm³/mol. The van der Waals surface area contributed by atoms with Gasteiger partial charge in [-0.05, 0) is 74.4 Å². The normalized spacial score (nSPS) is 11.4. The maximum absolute atomic E-state index is 5.88. The van der Waals surface area contributed by atoms with Crippen LogP contribution in [0.5, 0.6) is 5.75 Å². The van der Waals surface area contributed by atoms with E-state index in [0.29, 0.717) is 6.61 Å². The Morgan fingerprint density at radius 1 is 0.935 bits per heavy atom. The highest BCUT2D eigenvalue weighted by Crippen LogP contribution is 2.19. The quantitative estimate of drug-likeness (QED) is 0.276. The fourth-order valence-electron chi connectivity index (χ4n) is 3.84. The molecular weight excluding hydrogens is 382 g/mol. The number of ether oxygens (including phenoxy) is 2. The SMILES string of the molecule is CCCCCCCC/C=C/c1c(C)cc(C)nc1CCCOCc1ccc(OC)cc1. The minimum Gasteiger partial charge on any atom is -0.497 e. The van der Waals surface area contributed by atoms with E-state index in [2.05, 4.69) is 51.1 Å². The van der Waals surface area contributed by atoms with E-state index in [-0.39, 0.29) is 0 Å². The monoisotopic (exact) mass is 423 g/mol. The summed E-state index contributed by atoms with van der Waals surface area (Å²) in [5.41, 5.74) is 6.08. The maximum atomic E-state index is 5.88. The van der Waals surface area contributed by atoms with Crippen molar-refractivity contribution in [1.82, 2.24) is 4.98 Å². The number of hydrogen-bond donors (Lipinski definition) is 0. The molecule has 0 radical (unpaired) electrons. The summed E-state index contributed by atoms with van der Waals surface area (Å²) in [5, 5.41) is 0. The highest BCUT2D eigenvalue weighted by Gasteiger charge is 2.07. The Bertz CT molecular complexity index is 780. The van der Waals surface area contributed by atoms with Crippen LogP contribution in [0, 0.1) is 13.8 Å². The molecule has 0 unspecified atom stereocenters. The summed E-state index contributed by atoms with van der Waals surface area (Å²) in [6, 6.07) is 10.2. The molecular formula is C28H41NO2. The van der Waals surface area contributed by atoms with Crippen molar-refractivity contribution in [2.45, 2.75) is 85.2 Å². The lowest BCUT2D eigenvalue weighted by atomic mass is 10.0. The molecule has 0 N–H and O–H groups in total. The van der Waals surface area contributed by atoms with Crippen LogP contribution in [0.25, 0.3) is 6.08 Å². The topological polar surface area (TPSA) is 31.4 Å². The van der Waals surface area contributed by atoms with Crippen LogP contribution in [0.2, 0.25) is 0 Å². The molecule has 0 saturated carbocycles. The Kier molecular flexibility index (Phi) is 12.0. The van der Waals surface area contributed by atoms with Crippen molar-refractivity contribution in [3.05, 3.63) is 64.5 Å². The molecule has 1 aromatic heterocycles. The van der Waals surface area contributed by atoms with Gasteiger partial charge in [0.2, 0.25) is 0 Å². The van der Waals surface area contributed by atoms with Gasteiger partial charge in [-0.1, -0.05) is 63.3 Å². The molecule has 2 rings (SSSR count). The first-order valence-corrected chi connectivity index (χ1v) is 12.0. The van der Waals surface area contributed by atoms with Crippen LogP contribution in [-0.2, 0) is 17.8 Å². The Morgan fingerprint density at radius 3 is 2.42 bits per heavy atom. The van der Waals surface area contributed by atoms with E-state index in [0.717, 1.165) is 37.3 Å². The molecule has 3 nitrogen and oxygen atoms in total. The minimum atomic E-state index is 0.634. The summed E-state index contributed by atoms with van der Waals surface area (Å²) in [6.45, 7) is 7.92. The first kappa shape index (κ1) is 25.1. The molecule has 1 heterocycles. The lowest BCUT2D eigenvalue weighted by molar-refractivity contribution is 0.118. The van der Waals surface area contributed by atoms with Crippen LogP contribution in [0.3, 0.4) is 0 Å². The summed E-state index contributed by atoms with van der Waals surface area (Å²) in [7, 11) is 1.69. The van der Waals surface area contributed by atoms with Gasteiger partial charge >= 0.3 is 0 Å². The van der Waals surface area contributed by atoms with E-state index < -0.39 is 0 Å². The molecule has 0 aliphatic rings. The van der Waals surface area contributed by atoms with Crippen LogP contribution in [0.1, 0.15) is 86.4 Å². The summed E-state index contributed by atoms with van der Waals surface area (Å²) < 4.78 is 11.1. The maximum Gasteiger partial charge on any atom is 0.118 e. The summed E-state index contributed by atoms with van der Waals surface area (Å²) in [6.07, 6.45) is 15.8. The van der Waals surface area contributed by atoms with Gasteiger partial charge in [-0.15, -0.1) is 0 Å². The van der Waals surface area contributed by atoms with E-state index in [1.165, 1.54) is 60.9 Å². The van der Waals surface area contributed by atoms with Crippen LogP contribution in [-0.4, -0.2) is 18.7 Å². The van der Waals surface area contributed by atoms with Gasteiger partial charge in [-0.2, -0.15) is 0 Å². The fourth-order valence-corrected chi connectivity index (χ4v) is 3.84. The highest BCUT2D eigenvalue weighted by molar-refractivity contribution is 5.56. The van der Waals surface area contributed by atoms with Crippen molar-refractivity contribution in [1.29, 1.82) is 0 Å². The van der Waals surface area contributed by atoms with Crippen molar-refractivity contribution in [2.24, 2.45) is 0 Å². The second-order valence-electron chi connectivity index (χ2n) is 8.40. The molecule has 0 fully saturated rings. The first-order valence-electron chi connectivity index (χ1n) is 12.0. The zero-order chi connectivity index (χ0) is 22.3. The summed E-state index contributed by atoms with van der Waals surface area (Å²) >= 11 is 0. The third-order valence-corrected chi connectivity index (χ3v) is 5.61. The highest BCUT2D eigenvalue weighted by atomic mass is 16.5. The smallest absolute Gasteiger partial charge is 0.118 e. The molecule has 3 heteroatoms. The number of unbranched alkanes of at least 4 members (excludes halogenated alkanes) is 6. The van der Waals surface area contributed by atoms with Gasteiger partial charge in [0.25, 0.3) is 0 Å². The third-order valence-electron chi connectivity index (χ3n) is 5.61. The number of aryl methyl sites for hydroxylation is 3. The second-order valence-corrected chi connectivity index (χ2v) is 8.40. The van der Waals surface area contributed by atoms with Crippen molar-refractivity contribution >= 4 is 6.08 Å². The molecule has 0 saturated heterocycles. The third kappa shape index (κ3) is 9.69. The number of nitrogens with zero attached hydrogens (tertiary/aromatic N) is 1. The van der Waals surface area contributed by atoms with Gasteiger partial charge in [0.1, 0.15) is 5.75 Å². The van der Waals surface area contributed by atoms with E-state index in [4.69, 9.17) is 14.5 Å². The molecule has 0 aliphatic heterocycles. The van der Waals surface area contributed by atoms with Gasteiger partial charge in [0.15, 0.2) is 0 Å². The van der Waals surface area contributed by atoms with Gasteiger partial charge in [0, 0.05) is 18.0 Å². The van der Waals surface area contributed by atoms with E-state index in [1.54, 1.807) is 7.11 Å². The first-order chi connectivity index (χ1) is 15.1. The Balaban J connectivity index is 1.78. The predicted octanol–water partition coefficient (Wildman–Crippen LogP) is 7.62. The molecule has 170 valence electrons. The molecule has 0 amide bonds. The molecule has 31 heavy (non-hydrogen) atoms. The summed E-state index contributed by atoms with van der Waals surface area (Å²) in [4.78, 5) is 4.84. The van der Waals surface area contributed by atoms with Gasteiger partial charge in [-0.25, -0.2) is 0 Å². The molecule has 2 aromatic rings. The molecule has 0 aliphatic carbocycles. The number of methoxy groups -OCH3 is 1. The van der Waals surface area contributed by atoms with Crippen LogP contribution in [0.4, 0.5) is 0 Å². The van der Waals surface area contributed by atoms with Gasteiger partial charge in [0.05, 0.1) is 13.7 Å². The number of hydrogen-bond acceptors (Lipinski definition) is 3. The van der Waals surface area contributed by atoms with Crippen molar-refractivity contribution in [3.8, 4) is 5.75 Å². The van der Waals surface area contributed by atoms with Crippen molar-refractivity contribution < 1.29 is 9.47 Å². The molecule has 1 aromatic carbocycles. The largest absolute Gasteiger partial charge is 0.497 e. The lowest BCUT2D eigenvalue weighted by Gasteiger charge is -2.11. The fraction of sp³-hybridized carbons (Fsp3) is 0.536. The standard InChI is InChI=1S/C28H41NO2/c1-5-6-7-8-9-10-11-12-14-27-23(2)21-24(3)29-28(27)15-13-20-31-22-25-16-18-26(30-4)19-17-25/h12,14,16-19,21H,5-11,13,15,20,22H2,1-4H3/b14-12+. The number of pyridine rings is 1. The van der Waals surface area contributed by atoms with Crippen molar-refractivity contribution in [3.63, 3.8) is 0 Å². The van der Waals surface area contributed by atoms with Crippen molar-refractivity contribution in [2.75, 3.05) is 13.7 Å². The van der Waals surface area contributed by atoms with Crippen LogP contribution < -0.4 is 4.74 Å². The zero-order valence-corrected chi connectivity index (χ0v) is 20.1. The van der Waals surface area contributed by atoms with E-state index in [1.807, 2.05) is 12.1 Å². The number of rotatable bonds is 15. The number of benzene rings is 1. The zero-order valence-electron chi connectivity index (χ0n) is 20.1. The lowest BCUT2D eigenvalue weighted by Crippen LogP contribution is -2.03. The second kappa shape index (κ2) is 14.8. The van der Waals surface area contributed by atoms with E-state index in [9.17, 15) is 0 Å². The Hall–Kier alpha value is -2.13. The molecule has 0 bridgehead atoms.